The van der Waals surface area contributed by atoms with Crippen molar-refractivity contribution in [2.75, 3.05) is 6.61 Å². The van der Waals surface area contributed by atoms with Gasteiger partial charge in [0.2, 0.25) is 0 Å². The zero-order chi connectivity index (χ0) is 28.6. The maximum atomic E-state index is 13.8. The van der Waals surface area contributed by atoms with Crippen molar-refractivity contribution in [2.24, 2.45) is 11.8 Å². The van der Waals surface area contributed by atoms with E-state index in [4.69, 9.17) is 4.98 Å². The second kappa shape index (κ2) is 10.9. The summed E-state index contributed by atoms with van der Waals surface area (Å²) in [6.45, 7) is 4.36. The Hall–Kier alpha value is -4.34. The fraction of sp³-hybridized carbons (Fsp3) is 0.250. The Bertz CT molecular complexity index is 1700. The summed E-state index contributed by atoms with van der Waals surface area (Å²) in [5.41, 5.74) is 4.52. The lowest BCUT2D eigenvalue weighted by Gasteiger charge is -2.19. The van der Waals surface area contributed by atoms with Gasteiger partial charge in [-0.25, -0.2) is 4.98 Å². The van der Waals surface area contributed by atoms with Crippen molar-refractivity contribution in [2.45, 2.75) is 32.4 Å². The fourth-order valence-corrected chi connectivity index (χ4v) is 6.15. The molecule has 8 nitrogen and oxygen atoms in total. The van der Waals surface area contributed by atoms with Crippen molar-refractivity contribution in [3.8, 4) is 22.5 Å². The van der Waals surface area contributed by atoms with Gasteiger partial charge in [0.25, 0.3) is 11.8 Å². The molecule has 1 unspecified atom stereocenters. The van der Waals surface area contributed by atoms with E-state index in [0.29, 0.717) is 35.1 Å². The highest BCUT2D eigenvalue weighted by Gasteiger charge is 2.56. The summed E-state index contributed by atoms with van der Waals surface area (Å²) < 4.78 is 1.67. The van der Waals surface area contributed by atoms with Gasteiger partial charge in [-0.2, -0.15) is 11.3 Å². The van der Waals surface area contributed by atoms with Crippen LogP contribution in [0.4, 0.5) is 0 Å². The van der Waals surface area contributed by atoms with Gasteiger partial charge in [-0.15, -0.1) is 0 Å². The summed E-state index contributed by atoms with van der Waals surface area (Å²) in [6, 6.07) is 19.2. The van der Waals surface area contributed by atoms with Gasteiger partial charge < -0.3 is 15.7 Å². The Morgan fingerprint density at radius 2 is 1.90 bits per heavy atom. The standard InChI is InChI=1S/C32H31N5O3S/c1-20(2)25-15-32(25,19-38)36-31(40)28-27(23-12-14-41-18-23)35-29-24(9-6-13-37(28)29)30(39)34-17-21-10-11-26(33-16-21)22-7-4-3-5-8-22/h3-14,16,18,20,25,38H,15,17,19H2,1-2H3,(H,34,39)(H,36,40)/t25-,32?/m0/s1. The Morgan fingerprint density at radius 3 is 2.56 bits per heavy atom. The summed E-state index contributed by atoms with van der Waals surface area (Å²) in [5.74, 6) is -0.0812. The van der Waals surface area contributed by atoms with Gasteiger partial charge in [-0.3, -0.25) is 19.0 Å². The molecule has 4 aromatic heterocycles. The molecule has 2 amide bonds. The highest BCUT2D eigenvalue weighted by Crippen LogP contribution is 2.48. The number of nitrogens with zero attached hydrogens (tertiary/aromatic N) is 3. The summed E-state index contributed by atoms with van der Waals surface area (Å²) in [7, 11) is 0. The predicted molar refractivity (Wildman–Crippen MR) is 160 cm³/mol. The maximum absolute atomic E-state index is 13.8. The number of aliphatic hydroxyl groups is 1. The summed E-state index contributed by atoms with van der Waals surface area (Å²) >= 11 is 1.51. The number of nitrogens with one attached hydrogen (secondary N) is 2. The van der Waals surface area contributed by atoms with Crippen LogP contribution < -0.4 is 10.6 Å². The van der Waals surface area contributed by atoms with Crippen LogP contribution in [0.5, 0.6) is 0 Å². The number of aromatic nitrogens is 3. The Morgan fingerprint density at radius 1 is 1.07 bits per heavy atom. The molecular formula is C32H31N5O3S. The smallest absolute Gasteiger partial charge is 0.271 e. The van der Waals surface area contributed by atoms with E-state index in [9.17, 15) is 14.7 Å². The van der Waals surface area contributed by atoms with E-state index in [-0.39, 0.29) is 24.3 Å². The van der Waals surface area contributed by atoms with Crippen LogP contribution in [0.2, 0.25) is 0 Å². The fourth-order valence-electron chi connectivity index (χ4n) is 5.51. The minimum absolute atomic E-state index is 0.124. The van der Waals surface area contributed by atoms with Crippen LogP contribution in [0, 0.1) is 11.8 Å². The molecular weight excluding hydrogens is 534 g/mol. The number of fused-ring (bicyclic) bond motifs is 1. The van der Waals surface area contributed by atoms with Crippen LogP contribution in [0.15, 0.2) is 83.8 Å². The van der Waals surface area contributed by atoms with Gasteiger partial charge in [0.1, 0.15) is 11.4 Å². The van der Waals surface area contributed by atoms with Crippen molar-refractivity contribution in [3.63, 3.8) is 0 Å². The third-order valence-corrected chi connectivity index (χ3v) is 8.52. The predicted octanol–water partition coefficient (Wildman–Crippen LogP) is 5.19. The highest BCUT2D eigenvalue weighted by molar-refractivity contribution is 7.08. The van der Waals surface area contributed by atoms with Crippen molar-refractivity contribution < 1.29 is 14.7 Å². The minimum Gasteiger partial charge on any atom is -0.394 e. The molecule has 9 heteroatoms. The van der Waals surface area contributed by atoms with Crippen molar-refractivity contribution in [1.82, 2.24) is 25.0 Å². The highest BCUT2D eigenvalue weighted by atomic mass is 32.1. The SMILES string of the molecule is CC(C)[C@@H]1CC1(CO)NC(=O)c1c(-c2ccsc2)nc2c(C(=O)NCc3ccc(-c4ccccc4)nc3)cccn12. The van der Waals surface area contributed by atoms with Crippen LogP contribution >= 0.6 is 11.3 Å². The Balaban J connectivity index is 1.27. The lowest BCUT2D eigenvalue weighted by atomic mass is 10.0. The minimum atomic E-state index is -0.638. The van der Waals surface area contributed by atoms with Gasteiger partial charge in [-0.05, 0) is 53.5 Å². The summed E-state index contributed by atoms with van der Waals surface area (Å²) in [6.07, 6.45) is 4.23. The van der Waals surface area contributed by atoms with Gasteiger partial charge in [0.05, 0.1) is 23.4 Å². The summed E-state index contributed by atoms with van der Waals surface area (Å²) in [4.78, 5) is 36.5. The average Bonchev–Trinajstić information content (AvgIpc) is 3.30. The molecule has 41 heavy (non-hydrogen) atoms. The molecule has 1 saturated carbocycles. The van der Waals surface area contributed by atoms with Crippen molar-refractivity contribution >= 4 is 28.8 Å². The third-order valence-electron chi connectivity index (χ3n) is 7.83. The van der Waals surface area contributed by atoms with Crippen LogP contribution in [0.1, 0.15) is 46.7 Å². The normalized spacial score (nSPS) is 18.0. The van der Waals surface area contributed by atoms with Crippen LogP contribution in [-0.4, -0.2) is 43.4 Å². The zero-order valence-corrected chi connectivity index (χ0v) is 23.7. The van der Waals surface area contributed by atoms with E-state index >= 15 is 0 Å². The number of carbonyl (C=O) groups is 2. The van der Waals surface area contributed by atoms with Gasteiger partial charge >= 0.3 is 0 Å². The number of hydrogen-bond acceptors (Lipinski definition) is 6. The van der Waals surface area contributed by atoms with E-state index in [1.807, 2.05) is 59.3 Å². The van der Waals surface area contributed by atoms with Crippen LogP contribution in [0.3, 0.4) is 0 Å². The van der Waals surface area contributed by atoms with E-state index in [2.05, 4.69) is 29.5 Å². The van der Waals surface area contributed by atoms with Crippen LogP contribution in [-0.2, 0) is 6.54 Å². The number of benzene rings is 1. The summed E-state index contributed by atoms with van der Waals surface area (Å²) in [5, 5.41) is 20.1. The molecule has 1 aliphatic carbocycles. The van der Waals surface area contributed by atoms with Crippen molar-refractivity contribution in [3.05, 3.63) is 101 Å². The number of imidazole rings is 1. The van der Waals surface area contributed by atoms with E-state index in [1.165, 1.54) is 11.3 Å². The molecule has 208 valence electrons. The first-order chi connectivity index (χ1) is 19.9. The van der Waals surface area contributed by atoms with Crippen molar-refractivity contribution in [1.29, 1.82) is 0 Å². The number of amides is 2. The molecule has 1 aliphatic rings. The number of pyridine rings is 2. The zero-order valence-electron chi connectivity index (χ0n) is 22.9. The molecule has 1 fully saturated rings. The maximum Gasteiger partial charge on any atom is 0.271 e. The largest absolute Gasteiger partial charge is 0.394 e. The average molecular weight is 566 g/mol. The van der Waals surface area contributed by atoms with E-state index < -0.39 is 5.54 Å². The molecule has 4 heterocycles. The van der Waals surface area contributed by atoms with Gasteiger partial charge in [0.15, 0.2) is 5.65 Å². The molecule has 3 N–H and O–H groups in total. The number of carbonyl (C=O) groups excluding carboxylic acids is 2. The second-order valence-electron chi connectivity index (χ2n) is 10.9. The molecule has 2 atom stereocenters. The van der Waals surface area contributed by atoms with Crippen LogP contribution in [0.25, 0.3) is 28.2 Å². The van der Waals surface area contributed by atoms with E-state index in [0.717, 1.165) is 28.8 Å². The first kappa shape index (κ1) is 26.9. The molecule has 0 spiro atoms. The van der Waals surface area contributed by atoms with Gasteiger partial charge in [0, 0.05) is 35.4 Å². The molecule has 0 bridgehead atoms. The first-order valence-corrected chi connectivity index (χ1v) is 14.6. The van der Waals surface area contributed by atoms with E-state index in [1.54, 1.807) is 28.9 Å². The van der Waals surface area contributed by atoms with Gasteiger partial charge in [-0.1, -0.05) is 50.2 Å². The lowest BCUT2D eigenvalue weighted by molar-refractivity contribution is 0.0887. The molecule has 5 aromatic rings. The third kappa shape index (κ3) is 5.14. The number of rotatable bonds is 9. The topological polar surface area (TPSA) is 109 Å². The Kier molecular flexibility index (Phi) is 7.15. The number of hydrogen-bond donors (Lipinski definition) is 3. The molecule has 0 aliphatic heterocycles. The molecule has 1 aromatic carbocycles. The second-order valence-corrected chi connectivity index (χ2v) is 11.6. The quantitative estimate of drug-likeness (QED) is 0.228. The number of aliphatic hydroxyl groups excluding tert-OH is 1. The lowest BCUT2D eigenvalue weighted by Crippen LogP contribution is -2.42. The molecule has 0 saturated heterocycles. The molecule has 6 rings (SSSR count). The molecule has 0 radical (unpaired) electrons. The first-order valence-electron chi connectivity index (χ1n) is 13.7. The monoisotopic (exact) mass is 565 g/mol. The Labute approximate surface area is 242 Å². The number of thiophene rings is 1.